The predicted molar refractivity (Wildman–Crippen MR) is 75.7 cm³/mol. The molecule has 1 amide bonds. The third-order valence-corrected chi connectivity index (χ3v) is 4.24. The summed E-state index contributed by atoms with van der Waals surface area (Å²) in [5, 5.41) is 7.76. The molecule has 1 aliphatic heterocycles. The van der Waals surface area contributed by atoms with Gasteiger partial charge in [0.05, 0.1) is 12.7 Å². The van der Waals surface area contributed by atoms with Crippen LogP contribution in [-0.4, -0.2) is 44.9 Å². The second-order valence-corrected chi connectivity index (χ2v) is 5.89. The van der Waals surface area contributed by atoms with Crippen LogP contribution in [0.3, 0.4) is 0 Å². The topological polar surface area (TPSA) is 89.1 Å². The Labute approximate surface area is 119 Å². The highest BCUT2D eigenvalue weighted by Crippen LogP contribution is 2.26. The van der Waals surface area contributed by atoms with Crippen LogP contribution >= 0.6 is 0 Å². The summed E-state index contributed by atoms with van der Waals surface area (Å²) < 4.78 is 1.70. The predicted octanol–water partition coefficient (Wildman–Crippen LogP) is 0.248. The van der Waals surface area contributed by atoms with Crippen molar-refractivity contribution in [2.45, 2.75) is 39.8 Å². The van der Waals surface area contributed by atoms with Crippen molar-refractivity contribution in [1.29, 1.82) is 0 Å². The minimum atomic E-state index is -0.412. The van der Waals surface area contributed by atoms with Crippen LogP contribution < -0.4 is 11.3 Å². The molecule has 3 N–H and O–H groups in total. The Bertz CT molecular complexity index is 459. The highest BCUT2D eigenvalue weighted by atomic mass is 16.2. The zero-order valence-electron chi connectivity index (χ0n) is 12.4. The first-order valence-electron chi connectivity index (χ1n) is 7.16. The molecule has 3 atom stereocenters. The quantitative estimate of drug-likeness (QED) is 0.469. The summed E-state index contributed by atoms with van der Waals surface area (Å²) in [5.74, 6) is 6.10. The highest BCUT2D eigenvalue weighted by molar-refractivity contribution is 5.91. The molecular weight excluding hydrogens is 256 g/mol. The minimum absolute atomic E-state index is 0.251. The maximum absolute atomic E-state index is 11.3. The van der Waals surface area contributed by atoms with Crippen molar-refractivity contribution in [3.8, 4) is 0 Å². The molecular formula is C13H24N6O. The molecule has 1 aromatic rings. The van der Waals surface area contributed by atoms with Crippen LogP contribution in [-0.2, 0) is 6.54 Å². The third kappa shape index (κ3) is 3.34. The molecule has 1 aromatic heterocycles. The van der Waals surface area contributed by atoms with Gasteiger partial charge in [0.1, 0.15) is 0 Å². The fraction of sp³-hybridized carbons (Fsp3) is 0.769. The number of rotatable bonds is 4. The number of piperidine rings is 1. The second kappa shape index (κ2) is 6.32. The summed E-state index contributed by atoms with van der Waals surface area (Å²) in [5.41, 5.74) is 2.30. The number of carbonyl (C=O) groups excluding carboxylic acids is 1. The van der Waals surface area contributed by atoms with Gasteiger partial charge in [0.15, 0.2) is 5.69 Å². The molecule has 0 aromatic carbocycles. The van der Waals surface area contributed by atoms with E-state index in [4.69, 9.17) is 5.84 Å². The van der Waals surface area contributed by atoms with Crippen LogP contribution in [0.15, 0.2) is 6.20 Å². The molecule has 0 bridgehead atoms. The Hall–Kier alpha value is -1.47. The molecule has 0 radical (unpaired) electrons. The number of hydrogen-bond donors (Lipinski definition) is 2. The zero-order chi connectivity index (χ0) is 14.7. The molecule has 1 saturated heterocycles. The van der Waals surface area contributed by atoms with Gasteiger partial charge >= 0.3 is 0 Å². The zero-order valence-corrected chi connectivity index (χ0v) is 12.4. The van der Waals surface area contributed by atoms with E-state index in [9.17, 15) is 4.79 Å². The van der Waals surface area contributed by atoms with E-state index < -0.39 is 5.91 Å². The summed E-state index contributed by atoms with van der Waals surface area (Å²) >= 11 is 0. The summed E-state index contributed by atoms with van der Waals surface area (Å²) in [7, 11) is 0. The number of hydrazine groups is 1. The molecule has 1 fully saturated rings. The van der Waals surface area contributed by atoms with E-state index in [0.717, 1.165) is 25.6 Å². The van der Waals surface area contributed by atoms with E-state index in [-0.39, 0.29) is 5.69 Å². The monoisotopic (exact) mass is 280 g/mol. The van der Waals surface area contributed by atoms with Gasteiger partial charge in [-0.3, -0.25) is 19.8 Å². The lowest BCUT2D eigenvalue weighted by atomic mass is 9.86. The van der Waals surface area contributed by atoms with E-state index in [2.05, 4.69) is 41.4 Å². The molecule has 2 rings (SSSR count). The smallest absolute Gasteiger partial charge is 0.287 e. The van der Waals surface area contributed by atoms with Crippen molar-refractivity contribution in [1.82, 2.24) is 25.3 Å². The molecule has 0 aliphatic carbocycles. The largest absolute Gasteiger partial charge is 0.298 e. The van der Waals surface area contributed by atoms with E-state index in [1.54, 1.807) is 10.9 Å². The Morgan fingerprint density at radius 2 is 2.20 bits per heavy atom. The highest BCUT2D eigenvalue weighted by Gasteiger charge is 2.28. The molecule has 7 nitrogen and oxygen atoms in total. The standard InChI is InChI=1S/C13H24N6O/c1-9-6-10(2)11(3)18(7-9)4-5-19-8-12(16-17-19)13(20)15-14/h8-11H,4-7,14H2,1-3H3,(H,15,20). The van der Waals surface area contributed by atoms with Gasteiger partial charge < -0.3 is 0 Å². The lowest BCUT2D eigenvalue weighted by Gasteiger charge is -2.41. The van der Waals surface area contributed by atoms with Crippen LogP contribution in [0.4, 0.5) is 0 Å². The molecule has 0 spiro atoms. The maximum Gasteiger partial charge on any atom is 0.287 e. The summed E-state index contributed by atoms with van der Waals surface area (Å²) in [6, 6.07) is 0.585. The van der Waals surface area contributed by atoms with Crippen LogP contribution in [0.25, 0.3) is 0 Å². The Morgan fingerprint density at radius 3 is 2.90 bits per heavy atom. The van der Waals surface area contributed by atoms with E-state index in [0.29, 0.717) is 12.0 Å². The first-order chi connectivity index (χ1) is 9.51. The van der Waals surface area contributed by atoms with E-state index in [1.807, 2.05) is 0 Å². The summed E-state index contributed by atoms with van der Waals surface area (Å²) in [6.07, 6.45) is 2.92. The van der Waals surface area contributed by atoms with Crippen molar-refractivity contribution in [3.05, 3.63) is 11.9 Å². The summed E-state index contributed by atoms with van der Waals surface area (Å²) in [4.78, 5) is 13.8. The fourth-order valence-electron chi connectivity index (χ4n) is 2.94. The molecule has 112 valence electrons. The fourth-order valence-corrected chi connectivity index (χ4v) is 2.94. The molecule has 2 heterocycles. The van der Waals surface area contributed by atoms with Crippen LogP contribution in [0.1, 0.15) is 37.7 Å². The van der Waals surface area contributed by atoms with Crippen LogP contribution in [0, 0.1) is 11.8 Å². The van der Waals surface area contributed by atoms with Crippen molar-refractivity contribution >= 4 is 5.91 Å². The van der Waals surface area contributed by atoms with Crippen molar-refractivity contribution < 1.29 is 4.79 Å². The number of hydrogen-bond acceptors (Lipinski definition) is 5. The van der Waals surface area contributed by atoms with Gasteiger partial charge in [-0.1, -0.05) is 19.1 Å². The van der Waals surface area contributed by atoms with Crippen molar-refractivity contribution in [2.24, 2.45) is 17.7 Å². The van der Waals surface area contributed by atoms with E-state index >= 15 is 0 Å². The lowest BCUT2D eigenvalue weighted by molar-refractivity contribution is 0.0754. The third-order valence-electron chi connectivity index (χ3n) is 4.24. The number of nitrogen functional groups attached to an aromatic ring is 1. The minimum Gasteiger partial charge on any atom is -0.298 e. The molecule has 1 aliphatic rings. The number of nitrogens with two attached hydrogens (primary N) is 1. The van der Waals surface area contributed by atoms with Gasteiger partial charge in [0, 0.05) is 19.1 Å². The normalized spacial score (nSPS) is 27.5. The number of nitrogens with one attached hydrogen (secondary N) is 1. The molecule has 7 heteroatoms. The average Bonchev–Trinajstić information content (AvgIpc) is 2.89. The van der Waals surface area contributed by atoms with Gasteiger partial charge in [-0.2, -0.15) is 0 Å². The van der Waals surface area contributed by atoms with E-state index in [1.165, 1.54) is 6.42 Å². The van der Waals surface area contributed by atoms with Crippen molar-refractivity contribution in [3.63, 3.8) is 0 Å². The Morgan fingerprint density at radius 1 is 1.45 bits per heavy atom. The van der Waals surface area contributed by atoms with Gasteiger partial charge in [-0.05, 0) is 25.2 Å². The SMILES string of the molecule is CC1CC(C)C(C)N(CCn2cc(C(=O)NN)nn2)C1. The number of likely N-dealkylation sites (tertiary alicyclic amines) is 1. The van der Waals surface area contributed by atoms with Crippen molar-refractivity contribution in [2.75, 3.05) is 13.1 Å². The maximum atomic E-state index is 11.3. The first kappa shape index (κ1) is 14.9. The van der Waals surface area contributed by atoms with Crippen LogP contribution in [0.5, 0.6) is 0 Å². The second-order valence-electron chi connectivity index (χ2n) is 5.89. The van der Waals surface area contributed by atoms with Crippen LogP contribution in [0.2, 0.25) is 0 Å². The number of amides is 1. The Balaban J connectivity index is 1.91. The first-order valence-corrected chi connectivity index (χ1v) is 7.16. The van der Waals surface area contributed by atoms with Gasteiger partial charge in [-0.25, -0.2) is 5.84 Å². The Kier molecular flexibility index (Phi) is 4.72. The summed E-state index contributed by atoms with van der Waals surface area (Å²) in [6.45, 7) is 9.67. The average molecular weight is 280 g/mol. The molecule has 0 saturated carbocycles. The van der Waals surface area contributed by atoms with Gasteiger partial charge in [0.2, 0.25) is 0 Å². The molecule has 3 unspecified atom stereocenters. The van der Waals surface area contributed by atoms with Gasteiger partial charge in [-0.15, -0.1) is 5.10 Å². The lowest BCUT2D eigenvalue weighted by Crippen LogP contribution is -2.46. The molecule has 20 heavy (non-hydrogen) atoms. The number of aromatic nitrogens is 3. The number of nitrogens with zero attached hydrogens (tertiary/aromatic N) is 4. The van der Waals surface area contributed by atoms with Gasteiger partial charge in [0.25, 0.3) is 5.91 Å². The number of carbonyl (C=O) groups is 1.